The van der Waals surface area contributed by atoms with E-state index in [-0.39, 0.29) is 45.1 Å². The molecular formula is C50H54B6N8O17. The lowest BCUT2D eigenvalue weighted by atomic mass is 9.77. The lowest BCUT2D eigenvalue weighted by molar-refractivity contribution is -0.384. The second-order valence-corrected chi connectivity index (χ2v) is 16.5. The molecule has 15 N–H and O–H groups in total. The minimum Gasteiger partial charge on any atom is -0.423 e. The zero-order chi connectivity index (χ0) is 61.7. The maximum atomic E-state index is 11.3. The third-order valence-electron chi connectivity index (χ3n) is 10.6. The van der Waals surface area contributed by atoms with Crippen LogP contribution in [0.1, 0.15) is 73.0 Å². The smallest absolute Gasteiger partial charge is 0.423 e. The topological polar surface area (TPSA) is 468 Å². The largest absolute Gasteiger partial charge is 0.488 e. The maximum Gasteiger partial charge on any atom is 0.488 e. The first-order valence-corrected chi connectivity index (χ1v) is 23.5. The number of aryl methyl sites for hydroxylation is 3. The molecule has 25 nitrogen and oxygen atoms in total. The Bertz CT molecular complexity index is 3290. The van der Waals surface area contributed by atoms with Crippen LogP contribution in [0.15, 0.2) is 115 Å². The molecule has 6 rings (SSSR count). The number of benzene rings is 6. The van der Waals surface area contributed by atoms with Crippen molar-refractivity contribution in [1.82, 2.24) is 10.6 Å². The van der Waals surface area contributed by atoms with E-state index in [0.717, 1.165) is 28.8 Å². The van der Waals surface area contributed by atoms with Crippen molar-refractivity contribution in [3.8, 4) is 24.3 Å². The Morgan fingerprint density at radius 2 is 0.975 bits per heavy atom. The van der Waals surface area contributed by atoms with Crippen molar-refractivity contribution in [2.75, 3.05) is 19.4 Å². The molecule has 0 unspecified atom stereocenters. The van der Waals surface area contributed by atoms with Crippen LogP contribution < -0.4 is 48.7 Å². The monoisotopic (exact) mass is 1100 g/mol. The van der Waals surface area contributed by atoms with E-state index in [9.17, 15) is 24.5 Å². The molecule has 414 valence electrons. The molecule has 0 aromatic heterocycles. The van der Waals surface area contributed by atoms with Gasteiger partial charge in [0.05, 0.1) is 51.5 Å². The Labute approximate surface area is 467 Å². The molecule has 0 bridgehead atoms. The number of non-ortho nitro benzene ring substituents is 1. The first-order valence-electron chi connectivity index (χ1n) is 23.5. The van der Waals surface area contributed by atoms with Crippen LogP contribution >= 0.6 is 0 Å². The third kappa shape index (κ3) is 24.3. The zero-order valence-electron chi connectivity index (χ0n) is 44.3. The van der Waals surface area contributed by atoms with Crippen molar-refractivity contribution < 1.29 is 79.6 Å². The number of hydrogen-bond acceptors (Lipinski definition) is 21. The Kier molecular flexibility index (Phi) is 30.7. The van der Waals surface area contributed by atoms with Crippen molar-refractivity contribution >= 4 is 105 Å². The molecule has 31 heteroatoms. The van der Waals surface area contributed by atoms with Gasteiger partial charge in [0.1, 0.15) is 0 Å². The number of hydrogen-bond donors (Lipinski definition) is 15. The van der Waals surface area contributed by atoms with Crippen molar-refractivity contribution in [1.29, 1.82) is 21.0 Å². The van der Waals surface area contributed by atoms with Gasteiger partial charge < -0.3 is 76.2 Å². The molecule has 0 aliphatic rings. The summed E-state index contributed by atoms with van der Waals surface area (Å²) in [5.41, 5.74) is 5.96. The highest BCUT2D eigenvalue weighted by Crippen LogP contribution is 2.12. The van der Waals surface area contributed by atoms with Crippen molar-refractivity contribution in [2.45, 2.75) is 34.1 Å². The SMILES string of the molecule is CCC(=O)Nc1cccc(B(O)O)c1.CNC(=O)c1cc(B(O)O)cc([N+](=O)[O-])c1.CNC(=O)c1cc(C#N)cc(B(O)O)c1.Cc1cc(B(O)O)ccc1C#N.Cc1ccc(B(O)O)cc1C#N.Cc1ccc(C#N)cc1B(O)O. The Morgan fingerprint density at radius 3 is 1.43 bits per heavy atom. The number of carbonyl (C=O) groups excluding carboxylic acids is 3. The van der Waals surface area contributed by atoms with Crippen LogP contribution in [-0.4, -0.2) is 140 Å². The van der Waals surface area contributed by atoms with Gasteiger partial charge in [0, 0.05) is 49.5 Å². The van der Waals surface area contributed by atoms with Gasteiger partial charge in [-0.3, -0.25) is 24.5 Å². The summed E-state index contributed by atoms with van der Waals surface area (Å²) in [5, 5.41) is 159. The minimum absolute atomic E-state index is 0.000185. The molecule has 0 radical (unpaired) electrons. The second kappa shape index (κ2) is 35.5. The Hall–Kier alpha value is -9.00. The lowest BCUT2D eigenvalue weighted by Gasteiger charge is -2.05. The third-order valence-corrected chi connectivity index (χ3v) is 10.6. The van der Waals surface area contributed by atoms with Crippen LogP contribution in [0, 0.1) is 76.2 Å². The van der Waals surface area contributed by atoms with E-state index >= 15 is 0 Å². The van der Waals surface area contributed by atoms with Crippen LogP contribution in [0.4, 0.5) is 11.4 Å². The van der Waals surface area contributed by atoms with Crippen molar-refractivity contribution in [3.05, 3.63) is 175 Å². The molecule has 3 amide bonds. The van der Waals surface area contributed by atoms with Gasteiger partial charge in [-0.15, -0.1) is 0 Å². The quantitative estimate of drug-likeness (QED) is 0.0331. The first-order chi connectivity index (χ1) is 38.1. The molecule has 0 spiro atoms. The highest BCUT2D eigenvalue weighted by Gasteiger charge is 2.21. The number of nitro benzene ring substituents is 1. The van der Waals surface area contributed by atoms with Crippen LogP contribution in [0.3, 0.4) is 0 Å². The van der Waals surface area contributed by atoms with Crippen molar-refractivity contribution in [2.24, 2.45) is 0 Å². The normalized spacial score (nSPS) is 9.36. The van der Waals surface area contributed by atoms with E-state index < -0.39 is 53.5 Å². The minimum atomic E-state index is -1.86. The summed E-state index contributed by atoms with van der Waals surface area (Å²) in [5.74, 6) is -1.02. The molecular weight excluding hydrogens is 1050 g/mol. The van der Waals surface area contributed by atoms with E-state index in [1.165, 1.54) is 62.6 Å². The molecule has 0 aliphatic heterocycles. The van der Waals surface area contributed by atoms with E-state index in [1.54, 1.807) is 82.3 Å². The standard InChI is InChI=1S/C9H9BN2O3.C9H12BNO3.C8H9BN2O5.3C8H8BNO2/c1-12-9(13)7-2-6(5-11)3-8(4-7)10(14)15;1-2-9(12)11-8-5-3-4-7(6-8)10(13)14;1-10-8(12)5-2-6(9(13)14)4-7(3-5)11(15)16;1-6-4-8(9(11)12)3-2-7(6)5-10;1-6-2-3-8(9(11)12)4-7(6)5-10;1-6-2-3-7(5-10)4-8(6)9(11)12/h2-4,14-15H,1H3,(H,12,13);3-6,13-14H,2H2,1H3,(H,11,12);2-4,13-14H,1H3,(H,10,12);3*2-4,11-12H,1H3. The van der Waals surface area contributed by atoms with E-state index in [1.807, 2.05) is 24.3 Å². The fourth-order valence-electron chi connectivity index (χ4n) is 6.21. The predicted octanol–water partition coefficient (Wildman–Crippen LogP) is -4.41. The second-order valence-electron chi connectivity index (χ2n) is 16.5. The zero-order valence-corrected chi connectivity index (χ0v) is 44.3. The van der Waals surface area contributed by atoms with Gasteiger partial charge in [-0.2, -0.15) is 21.0 Å². The number of rotatable bonds is 11. The summed E-state index contributed by atoms with van der Waals surface area (Å²) in [7, 11) is -6.70. The average molecular weight is 1100 g/mol. The van der Waals surface area contributed by atoms with Gasteiger partial charge in [0.2, 0.25) is 5.91 Å². The van der Waals surface area contributed by atoms with Crippen LogP contribution in [0.25, 0.3) is 0 Å². The summed E-state index contributed by atoms with van der Waals surface area (Å²) in [6, 6.07) is 35.7. The van der Waals surface area contributed by atoms with E-state index in [0.29, 0.717) is 50.6 Å². The van der Waals surface area contributed by atoms with E-state index in [4.69, 9.17) is 81.3 Å². The summed E-state index contributed by atoms with van der Waals surface area (Å²) >= 11 is 0. The molecule has 0 fully saturated rings. The molecule has 0 saturated heterocycles. The summed E-state index contributed by atoms with van der Waals surface area (Å²) in [6.45, 7) is 7.06. The molecule has 6 aromatic rings. The molecule has 0 saturated carbocycles. The summed E-state index contributed by atoms with van der Waals surface area (Å²) < 4.78 is 0. The van der Waals surface area contributed by atoms with Gasteiger partial charge in [-0.1, -0.05) is 55.0 Å². The average Bonchev–Trinajstić information content (AvgIpc) is 3.45. The van der Waals surface area contributed by atoms with Crippen LogP contribution in [0.5, 0.6) is 0 Å². The molecule has 6 aromatic carbocycles. The van der Waals surface area contributed by atoms with Gasteiger partial charge >= 0.3 is 42.7 Å². The van der Waals surface area contributed by atoms with Gasteiger partial charge in [-0.05, 0) is 125 Å². The highest BCUT2D eigenvalue weighted by molar-refractivity contribution is 6.60. The fraction of sp³-hybridized carbons (Fsp3) is 0.140. The summed E-state index contributed by atoms with van der Waals surface area (Å²) in [4.78, 5) is 43.4. The van der Waals surface area contributed by atoms with Gasteiger partial charge in [-0.25, -0.2) is 0 Å². The van der Waals surface area contributed by atoms with Crippen LogP contribution in [-0.2, 0) is 4.79 Å². The van der Waals surface area contributed by atoms with E-state index in [2.05, 4.69) is 16.0 Å². The number of carbonyl (C=O) groups is 3. The maximum absolute atomic E-state index is 11.3. The number of nitrogens with one attached hydrogen (secondary N) is 3. The number of nitrogens with zero attached hydrogens (tertiary/aromatic N) is 5. The number of amides is 3. The van der Waals surface area contributed by atoms with Gasteiger partial charge in [0.25, 0.3) is 17.5 Å². The highest BCUT2D eigenvalue weighted by atomic mass is 16.6. The lowest BCUT2D eigenvalue weighted by Crippen LogP contribution is -2.32. The summed E-state index contributed by atoms with van der Waals surface area (Å²) in [6.07, 6.45) is 0.395. The molecule has 0 heterocycles. The molecule has 0 aliphatic carbocycles. The van der Waals surface area contributed by atoms with Crippen LogP contribution in [0.2, 0.25) is 0 Å². The molecule has 0 atom stereocenters. The van der Waals surface area contributed by atoms with Gasteiger partial charge in [0.15, 0.2) is 0 Å². The number of nitriles is 4. The predicted molar refractivity (Wildman–Crippen MR) is 303 cm³/mol. The number of nitro groups is 1. The fourth-order valence-corrected chi connectivity index (χ4v) is 6.21. The van der Waals surface area contributed by atoms with Crippen molar-refractivity contribution in [3.63, 3.8) is 0 Å². The Morgan fingerprint density at radius 1 is 0.494 bits per heavy atom. The Balaban J connectivity index is 0.000000488. The molecule has 81 heavy (non-hydrogen) atoms. The first kappa shape index (κ1) is 70.0. The number of anilines is 1.